The number of alkyl halides is 3. The van der Waals surface area contributed by atoms with Gasteiger partial charge in [-0.05, 0) is 50.2 Å². The zero-order valence-corrected chi connectivity index (χ0v) is 22.8. The topological polar surface area (TPSA) is 139 Å². The second-order valence-electron chi connectivity index (χ2n) is 10.8. The van der Waals surface area contributed by atoms with Crippen molar-refractivity contribution >= 4 is 27.8 Å². The van der Waals surface area contributed by atoms with Crippen LogP contribution in [0.3, 0.4) is 0 Å². The summed E-state index contributed by atoms with van der Waals surface area (Å²) < 4.78 is 51.7. The summed E-state index contributed by atoms with van der Waals surface area (Å²) in [5.74, 6) is 0.585. The van der Waals surface area contributed by atoms with Crippen molar-refractivity contribution in [2.24, 2.45) is 0 Å². The van der Waals surface area contributed by atoms with Crippen LogP contribution in [0, 0.1) is 0 Å². The molecule has 5 heterocycles. The van der Waals surface area contributed by atoms with E-state index >= 15 is 0 Å². The van der Waals surface area contributed by atoms with Crippen LogP contribution in [-0.2, 0) is 19.1 Å². The molecule has 1 aliphatic heterocycles. The van der Waals surface area contributed by atoms with E-state index in [9.17, 15) is 23.1 Å². The molecule has 0 saturated heterocycles. The molecule has 4 aromatic heterocycles. The number of aromatic hydroxyl groups is 1. The number of anilines is 1. The van der Waals surface area contributed by atoms with Crippen LogP contribution in [0.4, 0.5) is 19.0 Å². The van der Waals surface area contributed by atoms with Crippen molar-refractivity contribution < 1.29 is 23.0 Å². The first-order chi connectivity index (χ1) is 20.4. The summed E-state index contributed by atoms with van der Waals surface area (Å²) in [6, 6.07) is 9.93. The van der Waals surface area contributed by atoms with Gasteiger partial charge in [0.15, 0.2) is 23.0 Å². The Labute approximate surface area is 240 Å². The van der Waals surface area contributed by atoms with Crippen LogP contribution in [0.5, 0.6) is 11.5 Å². The van der Waals surface area contributed by atoms with Gasteiger partial charge in [0.1, 0.15) is 30.0 Å². The number of ether oxygens (including phenoxy) is 1. The van der Waals surface area contributed by atoms with E-state index in [4.69, 9.17) is 15.6 Å². The molecule has 11 nitrogen and oxygen atoms in total. The molecular formula is C29H23F3N8O3. The molecule has 6 aromatic rings. The summed E-state index contributed by atoms with van der Waals surface area (Å²) in [6.45, 7) is 3.65. The number of phenolic OH excluding ortho intramolecular Hbond substituents is 1. The minimum Gasteiger partial charge on any atom is -0.504 e. The molecule has 218 valence electrons. The van der Waals surface area contributed by atoms with Gasteiger partial charge in [0, 0.05) is 29.9 Å². The molecule has 0 unspecified atom stereocenters. The summed E-state index contributed by atoms with van der Waals surface area (Å²) in [5.41, 5.74) is 5.78. The predicted octanol–water partition coefficient (Wildman–Crippen LogP) is 4.38. The zero-order chi connectivity index (χ0) is 30.3. The first-order valence-corrected chi connectivity index (χ1v) is 13.2. The molecule has 3 N–H and O–H groups in total. The largest absolute Gasteiger partial charge is 0.504 e. The molecule has 0 bridgehead atoms. The van der Waals surface area contributed by atoms with Gasteiger partial charge in [-0.1, -0.05) is 6.07 Å². The number of rotatable bonds is 4. The summed E-state index contributed by atoms with van der Waals surface area (Å²) in [6.07, 6.45) is 0.0525. The molecule has 2 aromatic carbocycles. The molecular weight excluding hydrogens is 565 g/mol. The second kappa shape index (κ2) is 9.05. The average Bonchev–Trinajstić information content (AvgIpc) is 3.67. The monoisotopic (exact) mass is 588 g/mol. The normalized spacial score (nSPS) is 14.3. The first-order valence-electron chi connectivity index (χ1n) is 13.2. The van der Waals surface area contributed by atoms with Crippen LogP contribution in [0.25, 0.3) is 33.2 Å². The Morgan fingerprint density at radius 3 is 2.58 bits per heavy atom. The van der Waals surface area contributed by atoms with Gasteiger partial charge in [-0.15, -0.1) is 0 Å². The van der Waals surface area contributed by atoms with Gasteiger partial charge < -0.3 is 15.6 Å². The minimum absolute atomic E-state index is 0.00776. The van der Waals surface area contributed by atoms with E-state index in [1.807, 2.05) is 13.8 Å². The highest BCUT2D eigenvalue weighted by Gasteiger charge is 2.36. The Kier molecular flexibility index (Phi) is 5.58. The second-order valence-corrected chi connectivity index (χ2v) is 10.8. The molecule has 0 fully saturated rings. The van der Waals surface area contributed by atoms with Crippen LogP contribution in [0.2, 0.25) is 0 Å². The molecule has 0 aliphatic carbocycles. The van der Waals surface area contributed by atoms with Crippen molar-refractivity contribution in [2.75, 3.05) is 5.73 Å². The SMILES string of the molecule is CC1(C)Cc2c(-c3nn(Cc4nc5cccc(C(F)(F)F)c5c(=O)n4-n4cccc4)c4ncnc(N)c34)ccc(O)c2O1. The lowest BCUT2D eigenvalue weighted by molar-refractivity contribution is -0.136. The van der Waals surface area contributed by atoms with Crippen LogP contribution in [0.1, 0.15) is 30.8 Å². The van der Waals surface area contributed by atoms with Crippen LogP contribution < -0.4 is 16.0 Å². The maximum atomic E-state index is 13.9. The van der Waals surface area contributed by atoms with E-state index in [0.29, 0.717) is 34.5 Å². The number of aromatic nitrogens is 7. The molecule has 1 aliphatic rings. The Morgan fingerprint density at radius 2 is 1.84 bits per heavy atom. The third-order valence-electron chi connectivity index (χ3n) is 7.39. The molecule has 0 amide bonds. The van der Waals surface area contributed by atoms with Crippen molar-refractivity contribution in [3.8, 4) is 22.8 Å². The predicted molar refractivity (Wildman–Crippen MR) is 151 cm³/mol. The molecule has 0 saturated carbocycles. The lowest BCUT2D eigenvalue weighted by atomic mass is 9.95. The van der Waals surface area contributed by atoms with Crippen molar-refractivity contribution in [1.82, 2.24) is 34.1 Å². The molecule has 7 rings (SSSR count). The average molecular weight is 589 g/mol. The highest BCUT2D eigenvalue weighted by atomic mass is 19.4. The van der Waals surface area contributed by atoms with Crippen molar-refractivity contribution in [3.63, 3.8) is 0 Å². The number of halogens is 3. The van der Waals surface area contributed by atoms with Crippen LogP contribution in [-0.4, -0.2) is 44.8 Å². The van der Waals surface area contributed by atoms with Crippen molar-refractivity contribution in [1.29, 1.82) is 0 Å². The zero-order valence-electron chi connectivity index (χ0n) is 22.8. The van der Waals surface area contributed by atoms with Gasteiger partial charge in [0.25, 0.3) is 5.56 Å². The highest BCUT2D eigenvalue weighted by Crippen LogP contribution is 2.47. The fourth-order valence-electron chi connectivity index (χ4n) is 5.63. The molecule has 0 radical (unpaired) electrons. The third-order valence-corrected chi connectivity index (χ3v) is 7.39. The number of hydrogen-bond donors (Lipinski definition) is 2. The Hall–Kier alpha value is -5.40. The van der Waals surface area contributed by atoms with Crippen LogP contribution in [0.15, 0.2) is 66.0 Å². The molecule has 14 heteroatoms. The first kappa shape index (κ1) is 26.5. The van der Waals surface area contributed by atoms with E-state index in [2.05, 4.69) is 15.0 Å². The number of nitrogens with two attached hydrogens (primary N) is 1. The molecule has 0 spiro atoms. The van der Waals surface area contributed by atoms with E-state index in [1.165, 1.54) is 46.3 Å². The van der Waals surface area contributed by atoms with E-state index in [0.717, 1.165) is 16.3 Å². The lowest BCUT2D eigenvalue weighted by Gasteiger charge is -2.17. The smallest absolute Gasteiger partial charge is 0.417 e. The van der Waals surface area contributed by atoms with Crippen molar-refractivity contribution in [2.45, 2.75) is 38.6 Å². The Balaban J connectivity index is 1.47. The summed E-state index contributed by atoms with van der Waals surface area (Å²) in [4.78, 5) is 26.8. The molecule has 0 atom stereocenters. The van der Waals surface area contributed by atoms with E-state index in [1.54, 1.807) is 18.2 Å². The maximum absolute atomic E-state index is 13.9. The minimum atomic E-state index is -4.76. The standard InChI is InChI=1S/C29H23F3N8O3/c1-28(2)12-16-15(8-9-19(41)24(16)43-28)23-22-25(33)34-14-35-26(22)39(37-23)13-20-36-18-7-5-6-17(29(30,31)32)21(18)27(42)40(20)38-10-3-4-11-38/h3-11,14,41H,12-13H2,1-2H3,(H2,33,34,35). The fourth-order valence-corrected chi connectivity index (χ4v) is 5.63. The number of phenols is 1. The number of fused-ring (bicyclic) bond motifs is 3. The summed E-state index contributed by atoms with van der Waals surface area (Å²) >= 11 is 0. The highest BCUT2D eigenvalue weighted by molar-refractivity contribution is 5.99. The molecule has 43 heavy (non-hydrogen) atoms. The number of nitrogen functional groups attached to an aromatic ring is 1. The third kappa shape index (κ3) is 4.16. The van der Waals surface area contributed by atoms with Gasteiger partial charge in [0.05, 0.1) is 21.9 Å². The van der Waals surface area contributed by atoms with Crippen molar-refractivity contribution in [3.05, 3.63) is 88.5 Å². The van der Waals surface area contributed by atoms with Gasteiger partial charge in [0.2, 0.25) is 0 Å². The fraction of sp³-hybridized carbons (Fsp3) is 0.207. The lowest BCUT2D eigenvalue weighted by Crippen LogP contribution is -2.32. The number of hydrogen-bond acceptors (Lipinski definition) is 8. The maximum Gasteiger partial charge on any atom is 0.417 e. The summed E-state index contributed by atoms with van der Waals surface area (Å²) in [7, 11) is 0. The Morgan fingerprint density at radius 1 is 1.07 bits per heavy atom. The number of nitrogens with zero attached hydrogens (tertiary/aromatic N) is 7. The van der Waals surface area contributed by atoms with Gasteiger partial charge >= 0.3 is 6.18 Å². The van der Waals surface area contributed by atoms with E-state index < -0.39 is 28.3 Å². The van der Waals surface area contributed by atoms with E-state index in [-0.39, 0.29) is 29.5 Å². The van der Waals surface area contributed by atoms with Gasteiger partial charge in [-0.3, -0.25) is 9.47 Å². The van der Waals surface area contributed by atoms with Gasteiger partial charge in [-0.2, -0.15) is 22.9 Å². The quantitative estimate of drug-likeness (QED) is 0.309. The van der Waals surface area contributed by atoms with Crippen LogP contribution >= 0.6 is 0 Å². The Bertz CT molecular complexity index is 2130. The number of benzene rings is 2. The van der Waals surface area contributed by atoms with Gasteiger partial charge in [-0.25, -0.2) is 19.6 Å². The summed E-state index contributed by atoms with van der Waals surface area (Å²) in [5, 5.41) is 15.2.